The van der Waals surface area contributed by atoms with Crippen molar-refractivity contribution in [3.8, 4) is 0 Å². The van der Waals surface area contributed by atoms with Crippen LogP contribution in [0.1, 0.15) is 51.9 Å². The maximum atomic E-state index is 13.9. The highest BCUT2D eigenvalue weighted by atomic mass is 32.2. The molecule has 3 aromatic rings. The normalized spacial score (nSPS) is 28.7. The van der Waals surface area contributed by atoms with E-state index in [4.69, 9.17) is 4.74 Å². The second-order valence-corrected chi connectivity index (χ2v) is 12.1. The maximum Gasteiger partial charge on any atom is 0.262 e. The third-order valence-corrected chi connectivity index (χ3v) is 9.46. The van der Waals surface area contributed by atoms with Crippen molar-refractivity contribution >= 4 is 34.2 Å². The lowest BCUT2D eigenvalue weighted by Gasteiger charge is -2.56. The van der Waals surface area contributed by atoms with Gasteiger partial charge in [0.25, 0.3) is 5.56 Å². The lowest BCUT2D eigenvalue weighted by atomic mass is 9.48. The molecular weight excluding hydrogens is 448 g/mol. The fraction of sp³-hybridized carbons (Fsp3) is 0.615. The van der Waals surface area contributed by atoms with E-state index in [1.165, 1.54) is 31.0 Å². The third kappa shape index (κ3) is 3.52. The smallest absolute Gasteiger partial charge is 0.262 e. The Morgan fingerprint density at radius 3 is 2.50 bits per heavy atom. The molecule has 0 radical (unpaired) electrons. The van der Waals surface area contributed by atoms with E-state index in [1.54, 1.807) is 11.7 Å². The van der Waals surface area contributed by atoms with Crippen LogP contribution in [0.4, 0.5) is 0 Å². The second kappa shape index (κ2) is 8.48. The highest BCUT2D eigenvalue weighted by Gasteiger charge is 2.55. The van der Waals surface area contributed by atoms with Crippen LogP contribution in [-0.2, 0) is 16.1 Å². The van der Waals surface area contributed by atoms with Crippen molar-refractivity contribution < 1.29 is 9.53 Å². The van der Waals surface area contributed by atoms with E-state index < -0.39 is 0 Å². The number of rotatable bonds is 8. The lowest BCUT2D eigenvalue weighted by molar-refractivity contribution is -0.142. The highest BCUT2D eigenvalue weighted by Crippen LogP contribution is 2.61. The summed E-state index contributed by atoms with van der Waals surface area (Å²) in [6.45, 7) is 3.10. The van der Waals surface area contributed by atoms with Crippen molar-refractivity contribution in [1.82, 2.24) is 19.2 Å². The molecule has 2 aromatic heterocycles. The minimum atomic E-state index is -0.198. The van der Waals surface area contributed by atoms with Crippen molar-refractivity contribution in [2.75, 3.05) is 13.7 Å². The SMILES string of the molecule is COCCCn1c(=O)c2ccccc2n2c(SC(C)C(=O)C34CC5CC(CC(C5)C3)C4)nnc12. The number of ketones is 1. The number of aromatic nitrogens is 4. The fourth-order valence-corrected chi connectivity index (χ4v) is 8.48. The molecule has 4 aliphatic carbocycles. The highest BCUT2D eigenvalue weighted by molar-refractivity contribution is 8.00. The molecule has 4 saturated carbocycles. The number of Topliss-reactive ketones (excluding diaryl/α,β-unsaturated/α-hetero) is 1. The number of hydrogen-bond donors (Lipinski definition) is 0. The maximum absolute atomic E-state index is 13.9. The van der Waals surface area contributed by atoms with Gasteiger partial charge in [-0.1, -0.05) is 23.9 Å². The van der Waals surface area contributed by atoms with Crippen molar-refractivity contribution in [2.45, 2.75) is 68.8 Å². The lowest BCUT2D eigenvalue weighted by Crippen LogP contribution is -2.51. The Morgan fingerprint density at radius 1 is 1.15 bits per heavy atom. The number of para-hydroxylation sites is 1. The number of ether oxygens (including phenoxy) is 1. The molecule has 1 aromatic carbocycles. The zero-order chi connectivity index (χ0) is 23.4. The van der Waals surface area contributed by atoms with E-state index in [2.05, 4.69) is 10.2 Å². The molecule has 0 aliphatic heterocycles. The molecular formula is C26H32N4O3S. The molecule has 1 unspecified atom stereocenters. The van der Waals surface area contributed by atoms with Gasteiger partial charge in [-0.3, -0.25) is 18.6 Å². The van der Waals surface area contributed by atoms with Gasteiger partial charge >= 0.3 is 0 Å². The van der Waals surface area contributed by atoms with Gasteiger partial charge in [-0.2, -0.15) is 0 Å². The molecule has 8 heteroatoms. The van der Waals surface area contributed by atoms with E-state index in [1.807, 2.05) is 35.6 Å². The second-order valence-electron chi connectivity index (χ2n) is 10.8. The summed E-state index contributed by atoms with van der Waals surface area (Å²) in [6.07, 6.45) is 7.92. The summed E-state index contributed by atoms with van der Waals surface area (Å²) in [5, 5.41) is 10.0. The number of methoxy groups -OCH3 is 1. The summed E-state index contributed by atoms with van der Waals surface area (Å²) in [5.41, 5.74) is 0.583. The van der Waals surface area contributed by atoms with Crippen LogP contribution in [0.25, 0.3) is 16.7 Å². The number of carbonyl (C=O) groups is 1. The first kappa shape index (κ1) is 22.3. The van der Waals surface area contributed by atoms with E-state index in [0.29, 0.717) is 41.7 Å². The van der Waals surface area contributed by atoms with Crippen molar-refractivity contribution in [1.29, 1.82) is 0 Å². The first-order valence-corrected chi connectivity index (χ1v) is 13.4. The standard InChI is InChI=1S/C26H32N4O3S/c1-16(22(31)26-13-17-10-18(14-26)12-19(11-17)15-26)34-25-28-27-24-29(8-5-9-33-2)23(32)20-6-3-4-7-21(20)30(24)25/h3-4,6-7,16-19H,5,8-15H2,1-2H3. The van der Waals surface area contributed by atoms with Gasteiger partial charge in [-0.15, -0.1) is 10.2 Å². The molecule has 0 N–H and O–H groups in total. The molecule has 1 atom stereocenters. The third-order valence-electron chi connectivity index (χ3n) is 8.42. The van der Waals surface area contributed by atoms with E-state index in [-0.39, 0.29) is 16.2 Å². The summed E-state index contributed by atoms with van der Waals surface area (Å²) in [7, 11) is 1.66. The summed E-state index contributed by atoms with van der Waals surface area (Å²) in [6, 6.07) is 7.59. The molecule has 4 bridgehead atoms. The largest absolute Gasteiger partial charge is 0.385 e. The summed E-state index contributed by atoms with van der Waals surface area (Å²) >= 11 is 1.49. The molecule has 7 nitrogen and oxygen atoms in total. The van der Waals surface area contributed by atoms with Crippen LogP contribution >= 0.6 is 11.8 Å². The predicted molar refractivity (Wildman–Crippen MR) is 132 cm³/mol. The fourth-order valence-electron chi connectivity index (χ4n) is 7.43. The first-order chi connectivity index (χ1) is 16.5. The topological polar surface area (TPSA) is 78.5 Å². The molecule has 4 aliphatic rings. The molecule has 4 fully saturated rings. The number of hydrogen-bond acceptors (Lipinski definition) is 6. The van der Waals surface area contributed by atoms with Crippen LogP contribution in [-0.4, -0.2) is 43.9 Å². The van der Waals surface area contributed by atoms with Crippen LogP contribution in [0.5, 0.6) is 0 Å². The van der Waals surface area contributed by atoms with E-state index in [9.17, 15) is 9.59 Å². The predicted octanol–water partition coefficient (Wildman–Crippen LogP) is 4.35. The Hall–Kier alpha value is -2.19. The molecule has 0 amide bonds. The number of fused-ring (bicyclic) bond motifs is 3. The van der Waals surface area contributed by atoms with Gasteiger partial charge < -0.3 is 4.74 Å². The summed E-state index contributed by atoms with van der Waals surface area (Å²) in [5.74, 6) is 3.15. The average molecular weight is 481 g/mol. The molecule has 0 saturated heterocycles. The summed E-state index contributed by atoms with van der Waals surface area (Å²) < 4.78 is 8.83. The molecule has 0 spiro atoms. The van der Waals surface area contributed by atoms with Crippen LogP contribution in [0.2, 0.25) is 0 Å². The number of thioether (sulfide) groups is 1. The van der Waals surface area contributed by atoms with E-state index in [0.717, 1.165) is 42.5 Å². The van der Waals surface area contributed by atoms with Crippen molar-refractivity contribution in [3.63, 3.8) is 0 Å². The van der Waals surface area contributed by atoms with Gasteiger partial charge in [-0.05, 0) is 81.8 Å². The van der Waals surface area contributed by atoms with Gasteiger partial charge in [0.2, 0.25) is 5.78 Å². The van der Waals surface area contributed by atoms with Gasteiger partial charge in [0.05, 0.1) is 16.2 Å². The van der Waals surface area contributed by atoms with Gasteiger partial charge in [0.15, 0.2) is 10.9 Å². The number of carbonyl (C=O) groups excluding carboxylic acids is 1. The quantitative estimate of drug-likeness (QED) is 0.352. The molecule has 7 rings (SSSR count). The molecule has 2 heterocycles. The first-order valence-electron chi connectivity index (χ1n) is 12.6. The van der Waals surface area contributed by atoms with Crippen molar-refractivity contribution in [3.05, 3.63) is 34.6 Å². The Labute approximate surface area is 203 Å². The molecule has 34 heavy (non-hydrogen) atoms. The number of benzene rings is 1. The zero-order valence-corrected chi connectivity index (χ0v) is 20.7. The summed E-state index contributed by atoms with van der Waals surface area (Å²) in [4.78, 5) is 27.1. The number of nitrogens with zero attached hydrogens (tertiary/aromatic N) is 4. The Balaban J connectivity index is 1.35. The number of aryl methyl sites for hydroxylation is 1. The van der Waals surface area contributed by atoms with Gasteiger partial charge in [-0.25, -0.2) is 0 Å². The average Bonchev–Trinajstić information content (AvgIpc) is 3.23. The van der Waals surface area contributed by atoms with Gasteiger partial charge in [0.1, 0.15) is 0 Å². The Morgan fingerprint density at radius 2 is 1.82 bits per heavy atom. The minimum absolute atomic E-state index is 0.0687. The van der Waals surface area contributed by atoms with Crippen LogP contribution in [0.3, 0.4) is 0 Å². The van der Waals surface area contributed by atoms with Crippen LogP contribution in [0, 0.1) is 23.2 Å². The molecule has 180 valence electrons. The zero-order valence-electron chi connectivity index (χ0n) is 19.9. The Kier molecular flexibility index (Phi) is 5.56. The van der Waals surface area contributed by atoms with Crippen molar-refractivity contribution in [2.24, 2.45) is 23.2 Å². The van der Waals surface area contributed by atoms with Crippen LogP contribution < -0.4 is 5.56 Å². The minimum Gasteiger partial charge on any atom is -0.385 e. The Bertz CT molecular complexity index is 1280. The van der Waals surface area contributed by atoms with E-state index >= 15 is 0 Å². The monoisotopic (exact) mass is 480 g/mol. The van der Waals surface area contributed by atoms with Crippen LogP contribution in [0.15, 0.2) is 34.2 Å². The van der Waals surface area contributed by atoms with Gasteiger partial charge in [0, 0.05) is 25.7 Å².